The first-order valence-electron chi connectivity index (χ1n) is 4.60. The van der Waals surface area contributed by atoms with Gasteiger partial charge in [0, 0.05) is 0 Å². The molecule has 1 aliphatic rings. The molecule has 0 radical (unpaired) electrons. The van der Waals surface area contributed by atoms with E-state index < -0.39 is 30.7 Å². The van der Waals surface area contributed by atoms with Crippen LogP contribution in [0.4, 0.5) is 0 Å². The van der Waals surface area contributed by atoms with Gasteiger partial charge in [0.2, 0.25) is 0 Å². The molecule has 1 heterocycles. The lowest BCUT2D eigenvalue weighted by molar-refractivity contribution is -0.144. The summed E-state index contributed by atoms with van der Waals surface area (Å²) in [6.07, 6.45) is -7.16. The molecule has 5 atom stereocenters. The Labute approximate surface area is 87.0 Å². The van der Waals surface area contributed by atoms with Gasteiger partial charge < -0.3 is 30.3 Å². The molecule has 0 aromatic carbocycles. The average Bonchev–Trinajstić information content (AvgIpc) is 2.43. The van der Waals surface area contributed by atoms with Gasteiger partial charge in [-0.05, 0) is 19.4 Å². The zero-order valence-electron chi connectivity index (χ0n) is 8.53. The molecule has 1 unspecified atom stereocenters. The summed E-state index contributed by atoms with van der Waals surface area (Å²) in [6.45, 7) is 3.15. The maximum Gasteiger partial charge on any atom is 0.184 e. The smallest absolute Gasteiger partial charge is 0.184 e. The Kier molecular flexibility index (Phi) is 3.69. The van der Waals surface area contributed by atoms with Gasteiger partial charge >= 0.3 is 0 Å². The van der Waals surface area contributed by atoms with E-state index in [0.29, 0.717) is 5.57 Å². The van der Waals surface area contributed by atoms with E-state index in [4.69, 9.17) is 9.84 Å². The maximum absolute atomic E-state index is 9.58. The van der Waals surface area contributed by atoms with E-state index >= 15 is 0 Å². The van der Waals surface area contributed by atoms with E-state index in [2.05, 4.69) is 0 Å². The lowest BCUT2D eigenvalue weighted by atomic mass is 10.0. The second-order valence-electron chi connectivity index (χ2n) is 3.80. The highest BCUT2D eigenvalue weighted by Gasteiger charge is 2.46. The van der Waals surface area contributed by atoms with Gasteiger partial charge in [0.15, 0.2) is 6.29 Å². The van der Waals surface area contributed by atoms with Crippen molar-refractivity contribution in [3.05, 3.63) is 11.3 Å². The number of aliphatic hydroxyl groups is 5. The first-order chi connectivity index (χ1) is 6.86. The van der Waals surface area contributed by atoms with Crippen molar-refractivity contribution in [2.45, 2.75) is 44.6 Å². The molecule has 1 aliphatic heterocycles. The minimum absolute atomic E-state index is 0.333. The Morgan fingerprint density at radius 3 is 2.00 bits per heavy atom. The van der Waals surface area contributed by atoms with Gasteiger partial charge in [-0.25, -0.2) is 0 Å². The number of allylic oxidation sites excluding steroid dienone is 1. The molecule has 0 aromatic rings. The van der Waals surface area contributed by atoms with E-state index in [1.807, 2.05) is 0 Å². The molecule has 0 saturated carbocycles. The molecule has 0 aromatic heterocycles. The quantitative estimate of drug-likeness (QED) is 0.367. The monoisotopic (exact) mass is 220 g/mol. The Morgan fingerprint density at radius 2 is 1.67 bits per heavy atom. The van der Waals surface area contributed by atoms with Gasteiger partial charge in [-0.1, -0.05) is 0 Å². The first-order valence-corrected chi connectivity index (χ1v) is 4.60. The van der Waals surface area contributed by atoms with Crippen LogP contribution < -0.4 is 0 Å². The number of hydrogen-bond acceptors (Lipinski definition) is 6. The lowest BCUT2D eigenvalue weighted by Crippen LogP contribution is -2.40. The van der Waals surface area contributed by atoms with Gasteiger partial charge in [-0.2, -0.15) is 0 Å². The van der Waals surface area contributed by atoms with Crippen molar-refractivity contribution >= 4 is 0 Å². The SMILES string of the molecule is CC(C)=C(O)C(O)[C@H]1O[C@H](O)[C@H](O)[C@H]1O. The van der Waals surface area contributed by atoms with Crippen LogP contribution in [0.3, 0.4) is 0 Å². The minimum Gasteiger partial charge on any atom is -0.510 e. The van der Waals surface area contributed by atoms with E-state index in [9.17, 15) is 20.4 Å². The molecule has 1 fully saturated rings. The van der Waals surface area contributed by atoms with Crippen LogP contribution in [-0.4, -0.2) is 56.2 Å². The van der Waals surface area contributed by atoms with Crippen LogP contribution in [0.5, 0.6) is 0 Å². The zero-order valence-corrected chi connectivity index (χ0v) is 8.53. The van der Waals surface area contributed by atoms with Crippen LogP contribution >= 0.6 is 0 Å². The molecule has 5 N–H and O–H groups in total. The number of ether oxygens (including phenoxy) is 1. The van der Waals surface area contributed by atoms with Crippen molar-refractivity contribution < 1.29 is 30.3 Å². The summed E-state index contributed by atoms with van der Waals surface area (Å²) in [7, 11) is 0. The first kappa shape index (κ1) is 12.4. The molecule has 6 heteroatoms. The summed E-state index contributed by atoms with van der Waals surface area (Å²) in [6, 6.07) is 0. The van der Waals surface area contributed by atoms with Crippen LogP contribution in [0.2, 0.25) is 0 Å². The molecule has 1 saturated heterocycles. The molecule has 0 spiro atoms. The second-order valence-corrected chi connectivity index (χ2v) is 3.80. The highest BCUT2D eigenvalue weighted by Crippen LogP contribution is 2.25. The van der Waals surface area contributed by atoms with Crippen LogP contribution in [0.25, 0.3) is 0 Å². The molecule has 0 amide bonds. The fraction of sp³-hybridized carbons (Fsp3) is 0.778. The van der Waals surface area contributed by atoms with Gasteiger partial charge in [0.05, 0.1) is 0 Å². The van der Waals surface area contributed by atoms with Crippen molar-refractivity contribution in [1.29, 1.82) is 0 Å². The third kappa shape index (κ3) is 2.30. The van der Waals surface area contributed by atoms with Crippen molar-refractivity contribution in [2.24, 2.45) is 0 Å². The van der Waals surface area contributed by atoms with Crippen LogP contribution in [0.15, 0.2) is 11.3 Å². The van der Waals surface area contributed by atoms with Gasteiger partial charge in [0.1, 0.15) is 30.2 Å². The van der Waals surface area contributed by atoms with E-state index in [1.165, 1.54) is 0 Å². The van der Waals surface area contributed by atoms with Gasteiger partial charge in [-0.3, -0.25) is 0 Å². The fourth-order valence-corrected chi connectivity index (χ4v) is 1.40. The van der Waals surface area contributed by atoms with E-state index in [-0.39, 0.29) is 5.76 Å². The Hall–Kier alpha value is -0.660. The Bertz CT molecular complexity index is 259. The Morgan fingerprint density at radius 1 is 1.13 bits per heavy atom. The van der Waals surface area contributed by atoms with Crippen LogP contribution in [0.1, 0.15) is 13.8 Å². The highest BCUT2D eigenvalue weighted by atomic mass is 16.6. The normalized spacial score (nSPS) is 37.7. The summed E-state index contributed by atoms with van der Waals surface area (Å²) in [5.74, 6) is -0.333. The minimum atomic E-state index is -1.55. The van der Waals surface area contributed by atoms with E-state index in [1.54, 1.807) is 13.8 Å². The van der Waals surface area contributed by atoms with Crippen molar-refractivity contribution in [3.63, 3.8) is 0 Å². The largest absolute Gasteiger partial charge is 0.510 e. The molecule has 0 aliphatic carbocycles. The molecule has 15 heavy (non-hydrogen) atoms. The van der Waals surface area contributed by atoms with Crippen LogP contribution in [0, 0.1) is 0 Å². The average molecular weight is 220 g/mol. The van der Waals surface area contributed by atoms with Gasteiger partial charge in [0.25, 0.3) is 0 Å². The predicted octanol–water partition coefficient (Wildman–Crippen LogP) is -1.36. The summed E-state index contributed by atoms with van der Waals surface area (Å²) >= 11 is 0. The Balaban J connectivity index is 2.78. The lowest BCUT2D eigenvalue weighted by Gasteiger charge is -2.20. The number of rotatable bonds is 2. The third-order valence-corrected chi connectivity index (χ3v) is 2.38. The third-order valence-electron chi connectivity index (χ3n) is 2.38. The summed E-state index contributed by atoms with van der Waals surface area (Å²) in [5, 5.41) is 46.6. The number of hydrogen-bond donors (Lipinski definition) is 5. The predicted molar refractivity (Wildman–Crippen MR) is 49.9 cm³/mol. The highest BCUT2D eigenvalue weighted by molar-refractivity contribution is 5.10. The van der Waals surface area contributed by atoms with Gasteiger partial charge in [-0.15, -0.1) is 0 Å². The molecule has 88 valence electrons. The summed E-state index contributed by atoms with van der Waals surface area (Å²) in [5.41, 5.74) is 0.467. The topological polar surface area (TPSA) is 110 Å². The maximum atomic E-state index is 9.58. The molecule has 6 nitrogen and oxygen atoms in total. The second kappa shape index (κ2) is 4.46. The van der Waals surface area contributed by atoms with Crippen molar-refractivity contribution in [3.8, 4) is 0 Å². The van der Waals surface area contributed by atoms with Crippen LogP contribution in [-0.2, 0) is 4.74 Å². The molecular formula is C9H16O6. The summed E-state index contributed by atoms with van der Waals surface area (Å²) < 4.78 is 4.73. The molecular weight excluding hydrogens is 204 g/mol. The standard InChI is InChI=1S/C9H16O6/c1-3(2)4(10)5(11)8-6(12)7(13)9(14)15-8/h5-14H,1-2H3/t5?,6-,7-,8-,9+/m1/s1. The van der Waals surface area contributed by atoms with Crippen molar-refractivity contribution in [1.82, 2.24) is 0 Å². The molecule has 0 bridgehead atoms. The summed E-state index contributed by atoms with van der Waals surface area (Å²) in [4.78, 5) is 0. The number of aliphatic hydroxyl groups excluding tert-OH is 5. The zero-order chi connectivity index (χ0) is 11.7. The molecule has 1 rings (SSSR count). The fourth-order valence-electron chi connectivity index (χ4n) is 1.40. The van der Waals surface area contributed by atoms with Crippen molar-refractivity contribution in [2.75, 3.05) is 0 Å². The van der Waals surface area contributed by atoms with E-state index in [0.717, 1.165) is 0 Å².